The summed E-state index contributed by atoms with van der Waals surface area (Å²) >= 11 is 0. The lowest BCUT2D eigenvalue weighted by Gasteiger charge is -2.16. The first-order valence-corrected chi connectivity index (χ1v) is 8.51. The minimum absolute atomic E-state index is 0.0394. The number of aromatic carboxylic acids is 1. The molecule has 0 aliphatic carbocycles. The largest absolute Gasteiger partial charge is 0.478 e. The molecule has 0 spiro atoms. The zero-order chi connectivity index (χ0) is 18.1. The Bertz CT molecular complexity index is 964. The third kappa shape index (κ3) is 3.03. The smallest absolute Gasteiger partial charge is 0.335 e. The Morgan fingerprint density at radius 1 is 1.23 bits per heavy atom. The van der Waals surface area contributed by atoms with Crippen LogP contribution >= 0.6 is 0 Å². The molecule has 1 saturated heterocycles. The molecule has 0 saturated carbocycles. The van der Waals surface area contributed by atoms with Gasteiger partial charge >= 0.3 is 5.97 Å². The number of rotatable bonds is 4. The van der Waals surface area contributed by atoms with E-state index in [-0.39, 0.29) is 11.5 Å². The standard InChI is InChI=1S/C19H18N4O3/c24-18(16-11-21-23-8-1-7-20-17(16)23)22-9-6-14(12-22)10-13-2-4-15(5-3-13)19(25)26/h1-5,7-8,11,14H,6,9-10,12H2,(H,25,26). The van der Waals surface area contributed by atoms with Crippen molar-refractivity contribution < 1.29 is 14.7 Å². The number of likely N-dealkylation sites (tertiary alicyclic amines) is 1. The van der Waals surface area contributed by atoms with Crippen LogP contribution in [0.25, 0.3) is 5.65 Å². The summed E-state index contributed by atoms with van der Waals surface area (Å²) in [5, 5.41) is 13.1. The lowest BCUT2D eigenvalue weighted by Crippen LogP contribution is -2.29. The number of carbonyl (C=O) groups is 2. The van der Waals surface area contributed by atoms with E-state index in [0.29, 0.717) is 30.2 Å². The van der Waals surface area contributed by atoms with E-state index >= 15 is 0 Å². The number of fused-ring (bicyclic) bond motifs is 1. The second-order valence-corrected chi connectivity index (χ2v) is 6.56. The monoisotopic (exact) mass is 350 g/mol. The van der Waals surface area contributed by atoms with E-state index < -0.39 is 5.97 Å². The maximum absolute atomic E-state index is 12.8. The van der Waals surface area contributed by atoms with Gasteiger partial charge in [0.05, 0.1) is 11.8 Å². The van der Waals surface area contributed by atoms with Gasteiger partial charge in [-0.05, 0) is 42.5 Å². The maximum atomic E-state index is 12.8. The molecule has 1 fully saturated rings. The maximum Gasteiger partial charge on any atom is 0.335 e. The van der Waals surface area contributed by atoms with Crippen LogP contribution in [0.3, 0.4) is 0 Å². The van der Waals surface area contributed by atoms with Gasteiger partial charge in [0.25, 0.3) is 5.91 Å². The van der Waals surface area contributed by atoms with Crippen LogP contribution in [0.1, 0.15) is 32.7 Å². The third-order valence-corrected chi connectivity index (χ3v) is 4.81. The highest BCUT2D eigenvalue weighted by Crippen LogP contribution is 2.23. The Morgan fingerprint density at radius 2 is 2.04 bits per heavy atom. The number of hydrogen-bond acceptors (Lipinski definition) is 4. The zero-order valence-electron chi connectivity index (χ0n) is 14.1. The number of carboxylic acid groups (broad SMARTS) is 1. The highest BCUT2D eigenvalue weighted by molar-refractivity contribution is 5.99. The molecule has 1 atom stereocenters. The number of carbonyl (C=O) groups excluding carboxylic acids is 1. The number of carboxylic acids is 1. The van der Waals surface area contributed by atoms with Gasteiger partial charge in [-0.1, -0.05) is 12.1 Å². The molecule has 1 aromatic carbocycles. The summed E-state index contributed by atoms with van der Waals surface area (Å²) in [5.74, 6) is -0.594. The third-order valence-electron chi connectivity index (χ3n) is 4.81. The summed E-state index contributed by atoms with van der Waals surface area (Å²) in [5.41, 5.74) is 2.48. The summed E-state index contributed by atoms with van der Waals surface area (Å²) in [4.78, 5) is 29.8. The molecule has 0 bridgehead atoms. The minimum Gasteiger partial charge on any atom is -0.478 e. The van der Waals surface area contributed by atoms with Gasteiger partial charge in [-0.3, -0.25) is 4.79 Å². The normalized spacial score (nSPS) is 16.9. The minimum atomic E-state index is -0.920. The van der Waals surface area contributed by atoms with Crippen LogP contribution in [0.2, 0.25) is 0 Å². The van der Waals surface area contributed by atoms with E-state index in [0.717, 1.165) is 18.4 Å². The Hall–Kier alpha value is -3.22. The Balaban J connectivity index is 1.43. The van der Waals surface area contributed by atoms with Crippen molar-refractivity contribution in [2.24, 2.45) is 5.92 Å². The van der Waals surface area contributed by atoms with E-state index in [4.69, 9.17) is 5.11 Å². The number of benzene rings is 1. The molecular weight excluding hydrogens is 332 g/mol. The van der Waals surface area contributed by atoms with Crippen LogP contribution in [-0.4, -0.2) is 49.6 Å². The molecule has 1 N–H and O–H groups in total. The summed E-state index contributed by atoms with van der Waals surface area (Å²) < 4.78 is 1.60. The Kier molecular flexibility index (Phi) is 4.12. The SMILES string of the molecule is O=C(O)c1ccc(CC2CCN(C(=O)c3cnn4cccnc34)C2)cc1. The van der Waals surface area contributed by atoms with Crippen molar-refractivity contribution in [2.75, 3.05) is 13.1 Å². The molecule has 3 aromatic rings. The topological polar surface area (TPSA) is 87.8 Å². The van der Waals surface area contributed by atoms with Gasteiger partial charge in [0.1, 0.15) is 5.56 Å². The van der Waals surface area contributed by atoms with E-state index in [1.165, 1.54) is 0 Å². The first kappa shape index (κ1) is 16.3. The molecule has 132 valence electrons. The fraction of sp³-hybridized carbons (Fsp3) is 0.263. The van der Waals surface area contributed by atoms with E-state index in [9.17, 15) is 9.59 Å². The molecule has 0 radical (unpaired) electrons. The van der Waals surface area contributed by atoms with Gasteiger partial charge in [0.15, 0.2) is 5.65 Å². The van der Waals surface area contributed by atoms with Crippen molar-refractivity contribution >= 4 is 17.5 Å². The van der Waals surface area contributed by atoms with Crippen molar-refractivity contribution in [3.05, 3.63) is 65.6 Å². The molecule has 3 heterocycles. The van der Waals surface area contributed by atoms with Crippen molar-refractivity contribution in [3.63, 3.8) is 0 Å². The summed E-state index contributed by atoms with van der Waals surface area (Å²) in [6, 6.07) is 8.72. The van der Waals surface area contributed by atoms with Gasteiger partial charge < -0.3 is 10.0 Å². The summed E-state index contributed by atoms with van der Waals surface area (Å²) in [7, 11) is 0. The quantitative estimate of drug-likeness (QED) is 0.779. The molecule has 2 aromatic heterocycles. The van der Waals surface area contributed by atoms with Crippen LogP contribution in [0, 0.1) is 5.92 Å². The van der Waals surface area contributed by atoms with Crippen LogP contribution in [-0.2, 0) is 6.42 Å². The summed E-state index contributed by atoms with van der Waals surface area (Å²) in [6.45, 7) is 1.39. The van der Waals surface area contributed by atoms with Crippen molar-refractivity contribution in [2.45, 2.75) is 12.8 Å². The molecule has 1 amide bonds. The molecule has 7 nitrogen and oxygen atoms in total. The fourth-order valence-corrected chi connectivity index (χ4v) is 3.45. The summed E-state index contributed by atoms with van der Waals surface area (Å²) in [6.07, 6.45) is 6.76. The van der Waals surface area contributed by atoms with Gasteiger partial charge in [-0.2, -0.15) is 5.10 Å². The Morgan fingerprint density at radius 3 is 2.81 bits per heavy atom. The highest BCUT2D eigenvalue weighted by atomic mass is 16.4. The molecule has 4 rings (SSSR count). The number of aromatic nitrogens is 3. The molecule has 26 heavy (non-hydrogen) atoms. The predicted molar refractivity (Wildman–Crippen MR) is 94.1 cm³/mol. The van der Waals surface area contributed by atoms with Crippen LogP contribution in [0.15, 0.2) is 48.9 Å². The number of hydrogen-bond donors (Lipinski definition) is 1. The molecule has 1 unspecified atom stereocenters. The van der Waals surface area contributed by atoms with E-state index in [2.05, 4.69) is 10.1 Å². The fourth-order valence-electron chi connectivity index (χ4n) is 3.45. The van der Waals surface area contributed by atoms with Gasteiger partial charge in [-0.15, -0.1) is 0 Å². The lowest BCUT2D eigenvalue weighted by atomic mass is 9.98. The van der Waals surface area contributed by atoms with Crippen molar-refractivity contribution in [1.82, 2.24) is 19.5 Å². The molecular formula is C19H18N4O3. The molecule has 7 heteroatoms. The first-order chi connectivity index (χ1) is 12.6. The zero-order valence-corrected chi connectivity index (χ0v) is 14.1. The van der Waals surface area contributed by atoms with Gasteiger partial charge in [0.2, 0.25) is 0 Å². The second kappa shape index (κ2) is 6.59. The second-order valence-electron chi connectivity index (χ2n) is 6.56. The average molecular weight is 350 g/mol. The van der Waals surface area contributed by atoms with Crippen molar-refractivity contribution in [1.29, 1.82) is 0 Å². The van der Waals surface area contributed by atoms with Crippen LogP contribution < -0.4 is 0 Å². The number of amides is 1. The van der Waals surface area contributed by atoms with E-state index in [1.807, 2.05) is 17.0 Å². The average Bonchev–Trinajstić information content (AvgIpc) is 3.28. The molecule has 1 aliphatic rings. The lowest BCUT2D eigenvalue weighted by molar-refractivity contribution is 0.0696. The number of nitrogens with zero attached hydrogens (tertiary/aromatic N) is 4. The Labute approximate surface area is 149 Å². The van der Waals surface area contributed by atoms with Crippen molar-refractivity contribution in [3.8, 4) is 0 Å². The van der Waals surface area contributed by atoms with E-state index in [1.54, 1.807) is 41.3 Å². The predicted octanol–water partition coefficient (Wildman–Crippen LogP) is 2.13. The molecule has 1 aliphatic heterocycles. The van der Waals surface area contributed by atoms with Crippen LogP contribution in [0.4, 0.5) is 0 Å². The van der Waals surface area contributed by atoms with Crippen LogP contribution in [0.5, 0.6) is 0 Å². The first-order valence-electron chi connectivity index (χ1n) is 8.51. The highest BCUT2D eigenvalue weighted by Gasteiger charge is 2.29. The van der Waals surface area contributed by atoms with Gasteiger partial charge in [0, 0.05) is 25.5 Å². The van der Waals surface area contributed by atoms with Gasteiger partial charge in [-0.25, -0.2) is 14.3 Å².